The summed E-state index contributed by atoms with van der Waals surface area (Å²) in [5.74, 6) is 0. The molecule has 0 radical (unpaired) electrons. The average Bonchev–Trinajstić information content (AvgIpc) is 2.55. The number of aryl methyl sites for hydroxylation is 2. The molecule has 0 N–H and O–H groups in total. The summed E-state index contributed by atoms with van der Waals surface area (Å²) in [7, 11) is 0. The Bertz CT molecular complexity index is 931. The van der Waals surface area contributed by atoms with Crippen molar-refractivity contribution < 1.29 is 0 Å². The van der Waals surface area contributed by atoms with Crippen LogP contribution in [0.4, 0.5) is 0 Å². The van der Waals surface area contributed by atoms with E-state index in [1.807, 2.05) is 0 Å². The van der Waals surface area contributed by atoms with Gasteiger partial charge in [0.25, 0.3) is 0 Å². The quantitative estimate of drug-likeness (QED) is 0.468. The summed E-state index contributed by atoms with van der Waals surface area (Å²) in [5, 5.41) is 5.34. The Morgan fingerprint density at radius 2 is 0.870 bits per heavy atom. The normalized spacial score (nSPS) is 11.2. The van der Waals surface area contributed by atoms with Crippen LogP contribution in [0.15, 0.2) is 72.8 Å². The molecule has 0 saturated carbocycles. The van der Waals surface area contributed by atoms with Crippen LogP contribution >= 0.6 is 0 Å². The van der Waals surface area contributed by atoms with Gasteiger partial charge in [-0.05, 0) is 0 Å². The van der Waals surface area contributed by atoms with Gasteiger partial charge in [-0.2, -0.15) is 0 Å². The van der Waals surface area contributed by atoms with E-state index in [4.69, 9.17) is 0 Å². The summed E-state index contributed by atoms with van der Waals surface area (Å²) in [6.45, 7) is 4.29. The molecule has 0 aliphatic carbocycles. The maximum absolute atomic E-state index is 2.34. The van der Waals surface area contributed by atoms with Crippen LogP contribution in [-0.2, 0) is 0 Å². The molecule has 0 amide bonds. The van der Waals surface area contributed by atoms with Gasteiger partial charge in [-0.1, -0.05) is 0 Å². The van der Waals surface area contributed by atoms with Gasteiger partial charge in [0.05, 0.1) is 0 Å². The van der Waals surface area contributed by atoms with E-state index in [1.165, 1.54) is 41.6 Å². The third-order valence-electron chi connectivity index (χ3n) is 4.17. The van der Waals surface area contributed by atoms with Crippen LogP contribution in [-0.4, -0.2) is 15.0 Å². The van der Waals surface area contributed by atoms with Crippen molar-refractivity contribution >= 4 is 45.4 Å². The molecule has 0 spiro atoms. The Kier molecular flexibility index (Phi) is 3.69. The summed E-state index contributed by atoms with van der Waals surface area (Å²) in [6.07, 6.45) is 0. The van der Waals surface area contributed by atoms with Crippen molar-refractivity contribution in [2.45, 2.75) is 13.8 Å². The second kappa shape index (κ2) is 5.85. The predicted molar refractivity (Wildman–Crippen MR) is 102 cm³/mol. The standard InChI is InChI=1S/C22H18Se/c1-15-3-5-19-13-21(9-7-17(19)11-15)23-22-10-8-18-12-16(2)4-6-20(18)14-22/h3-14H,1-2H3. The Hall–Kier alpha value is -2.08. The summed E-state index contributed by atoms with van der Waals surface area (Å²) >= 11 is 0.345. The fraction of sp³-hybridized carbons (Fsp3) is 0.0909. The van der Waals surface area contributed by atoms with Gasteiger partial charge in [-0.25, -0.2) is 0 Å². The first kappa shape index (κ1) is 14.5. The summed E-state index contributed by atoms with van der Waals surface area (Å²) in [5.41, 5.74) is 2.64. The summed E-state index contributed by atoms with van der Waals surface area (Å²) in [4.78, 5) is 0. The van der Waals surface area contributed by atoms with E-state index in [2.05, 4.69) is 86.6 Å². The molecule has 0 atom stereocenters. The van der Waals surface area contributed by atoms with Gasteiger partial charge >= 0.3 is 143 Å². The van der Waals surface area contributed by atoms with Gasteiger partial charge in [-0.15, -0.1) is 0 Å². The van der Waals surface area contributed by atoms with E-state index in [0.717, 1.165) is 0 Å². The minimum absolute atomic E-state index is 0.345. The van der Waals surface area contributed by atoms with E-state index in [0.29, 0.717) is 15.0 Å². The molecule has 0 saturated heterocycles. The average molecular weight is 361 g/mol. The van der Waals surface area contributed by atoms with Crippen molar-refractivity contribution in [2.24, 2.45) is 0 Å². The molecule has 4 aromatic carbocycles. The van der Waals surface area contributed by atoms with Crippen molar-refractivity contribution in [2.75, 3.05) is 0 Å². The number of hydrogen-bond acceptors (Lipinski definition) is 0. The van der Waals surface area contributed by atoms with Gasteiger partial charge in [0, 0.05) is 0 Å². The molecule has 0 heterocycles. The van der Waals surface area contributed by atoms with Gasteiger partial charge in [-0.3, -0.25) is 0 Å². The van der Waals surface area contributed by atoms with Crippen LogP contribution in [0.2, 0.25) is 0 Å². The van der Waals surface area contributed by atoms with Crippen molar-refractivity contribution in [3.8, 4) is 0 Å². The SMILES string of the molecule is Cc1ccc2cc([Se]c3ccc4cc(C)ccc4c3)ccc2c1. The predicted octanol–water partition coefficient (Wildman–Crippen LogP) is 4.26. The third-order valence-corrected chi connectivity index (χ3v) is 6.22. The molecular weight excluding hydrogens is 343 g/mol. The van der Waals surface area contributed by atoms with Crippen LogP contribution in [0.25, 0.3) is 21.5 Å². The van der Waals surface area contributed by atoms with Crippen molar-refractivity contribution in [1.82, 2.24) is 0 Å². The van der Waals surface area contributed by atoms with Crippen molar-refractivity contribution in [3.63, 3.8) is 0 Å². The molecule has 4 rings (SSSR count). The van der Waals surface area contributed by atoms with Crippen LogP contribution in [0.3, 0.4) is 0 Å². The molecule has 4 aromatic rings. The number of fused-ring (bicyclic) bond motifs is 2. The second-order valence-corrected chi connectivity index (χ2v) is 8.53. The van der Waals surface area contributed by atoms with Crippen molar-refractivity contribution in [1.29, 1.82) is 0 Å². The maximum atomic E-state index is 2.34. The van der Waals surface area contributed by atoms with Crippen LogP contribution in [0, 0.1) is 13.8 Å². The molecule has 0 aromatic heterocycles. The summed E-state index contributed by atoms with van der Waals surface area (Å²) in [6, 6.07) is 27.1. The molecule has 1 heteroatoms. The van der Waals surface area contributed by atoms with Gasteiger partial charge in [0.15, 0.2) is 0 Å². The molecule has 0 nitrogen and oxygen atoms in total. The number of benzene rings is 4. The van der Waals surface area contributed by atoms with Crippen molar-refractivity contribution in [3.05, 3.63) is 83.9 Å². The molecule has 0 aliphatic heterocycles. The van der Waals surface area contributed by atoms with Crippen LogP contribution in [0.5, 0.6) is 0 Å². The van der Waals surface area contributed by atoms with Gasteiger partial charge in [0.1, 0.15) is 0 Å². The second-order valence-electron chi connectivity index (χ2n) is 6.13. The molecule has 0 bridgehead atoms. The van der Waals surface area contributed by atoms with Gasteiger partial charge < -0.3 is 0 Å². The Labute approximate surface area is 143 Å². The Morgan fingerprint density at radius 1 is 0.478 bits per heavy atom. The van der Waals surface area contributed by atoms with Crippen LogP contribution < -0.4 is 8.92 Å². The zero-order valence-corrected chi connectivity index (χ0v) is 15.0. The topological polar surface area (TPSA) is 0 Å². The van der Waals surface area contributed by atoms with E-state index < -0.39 is 0 Å². The molecule has 112 valence electrons. The fourth-order valence-electron chi connectivity index (χ4n) is 2.95. The van der Waals surface area contributed by atoms with E-state index in [9.17, 15) is 0 Å². The third kappa shape index (κ3) is 3.03. The fourth-order valence-corrected chi connectivity index (χ4v) is 4.87. The zero-order chi connectivity index (χ0) is 15.8. The van der Waals surface area contributed by atoms with E-state index in [-0.39, 0.29) is 0 Å². The minimum atomic E-state index is 0.345. The number of hydrogen-bond donors (Lipinski definition) is 0. The monoisotopic (exact) mass is 362 g/mol. The molecule has 0 unspecified atom stereocenters. The zero-order valence-electron chi connectivity index (χ0n) is 13.3. The summed E-state index contributed by atoms with van der Waals surface area (Å²) < 4.78 is 2.86. The number of rotatable bonds is 2. The molecule has 0 fully saturated rings. The first-order valence-corrected chi connectivity index (χ1v) is 9.57. The van der Waals surface area contributed by atoms with E-state index in [1.54, 1.807) is 0 Å². The Balaban J connectivity index is 1.69. The van der Waals surface area contributed by atoms with E-state index >= 15 is 0 Å². The molecule has 23 heavy (non-hydrogen) atoms. The van der Waals surface area contributed by atoms with Gasteiger partial charge in [0.2, 0.25) is 0 Å². The molecular formula is C22H18Se. The molecule has 0 aliphatic rings. The first-order valence-electron chi connectivity index (χ1n) is 7.86. The first-order chi connectivity index (χ1) is 11.2. The van der Waals surface area contributed by atoms with Crippen LogP contribution in [0.1, 0.15) is 11.1 Å². The Morgan fingerprint density at radius 3 is 1.35 bits per heavy atom.